The van der Waals surface area contributed by atoms with Gasteiger partial charge in [0, 0.05) is 15.4 Å². The summed E-state index contributed by atoms with van der Waals surface area (Å²) in [4.78, 5) is 11.5. The second kappa shape index (κ2) is 6.75. The fraction of sp³-hybridized carbons (Fsp3) is 0.176. The molecular formula is C17H13BrCl2N2O2. The van der Waals surface area contributed by atoms with Gasteiger partial charge in [0.25, 0.3) is 0 Å². The number of hydrogen-bond acceptors (Lipinski definition) is 3. The van der Waals surface area contributed by atoms with Crippen LogP contribution in [0.2, 0.25) is 10.0 Å². The third-order valence-corrected chi connectivity index (χ3v) is 5.04. The number of anilines is 1. The second-order valence-corrected chi connectivity index (χ2v) is 7.28. The Morgan fingerprint density at radius 1 is 1.21 bits per heavy atom. The summed E-state index contributed by atoms with van der Waals surface area (Å²) in [5, 5.41) is 16.4. The molecule has 24 heavy (non-hydrogen) atoms. The normalized spacial score (nSPS) is 20.2. The number of nitrogens with zero attached hydrogens (tertiary/aromatic N) is 2. The van der Waals surface area contributed by atoms with Gasteiger partial charge in [-0.15, -0.1) is 0 Å². The number of aliphatic carboxylic acids is 1. The molecule has 0 radical (unpaired) electrons. The molecule has 2 aromatic rings. The van der Waals surface area contributed by atoms with Crippen LogP contribution in [-0.2, 0) is 4.79 Å². The maximum absolute atomic E-state index is 11.5. The Morgan fingerprint density at radius 3 is 2.46 bits per heavy atom. The number of hydrogen-bond donors (Lipinski definition) is 1. The fourth-order valence-corrected chi connectivity index (χ4v) is 3.59. The molecule has 0 aliphatic carbocycles. The van der Waals surface area contributed by atoms with E-state index in [0.717, 1.165) is 10.0 Å². The molecule has 0 saturated carbocycles. The molecule has 7 heteroatoms. The Hall–Kier alpha value is -1.56. The number of rotatable bonds is 3. The van der Waals surface area contributed by atoms with Crippen molar-refractivity contribution in [3.63, 3.8) is 0 Å². The summed E-state index contributed by atoms with van der Waals surface area (Å²) >= 11 is 15.7. The van der Waals surface area contributed by atoms with Crippen molar-refractivity contribution >= 4 is 56.5 Å². The van der Waals surface area contributed by atoms with Gasteiger partial charge in [0.05, 0.1) is 16.8 Å². The van der Waals surface area contributed by atoms with Gasteiger partial charge in [-0.05, 0) is 35.9 Å². The minimum absolute atomic E-state index is 0.105. The van der Waals surface area contributed by atoms with E-state index in [1.165, 1.54) is 0 Å². The van der Waals surface area contributed by atoms with Crippen LogP contribution >= 0.6 is 39.1 Å². The molecule has 1 N–H and O–H groups in total. The Balaban J connectivity index is 2.11. The highest BCUT2D eigenvalue weighted by molar-refractivity contribution is 9.10. The summed E-state index contributed by atoms with van der Waals surface area (Å²) in [5.74, 6) is -1.33. The topological polar surface area (TPSA) is 52.9 Å². The molecule has 4 nitrogen and oxygen atoms in total. The zero-order chi connectivity index (χ0) is 17.4. The van der Waals surface area contributed by atoms with E-state index in [9.17, 15) is 9.90 Å². The summed E-state index contributed by atoms with van der Waals surface area (Å²) in [6.07, 6.45) is 0. The molecule has 2 aromatic carbocycles. The summed E-state index contributed by atoms with van der Waals surface area (Å²) in [7, 11) is 0. The van der Waals surface area contributed by atoms with Crippen LogP contribution in [0, 0.1) is 5.92 Å². The van der Waals surface area contributed by atoms with Crippen molar-refractivity contribution in [1.82, 2.24) is 0 Å². The third-order valence-electron chi connectivity index (χ3n) is 3.97. The maximum atomic E-state index is 11.5. The van der Waals surface area contributed by atoms with Crippen molar-refractivity contribution < 1.29 is 9.90 Å². The van der Waals surface area contributed by atoms with Crippen molar-refractivity contribution in [2.75, 3.05) is 5.01 Å². The van der Waals surface area contributed by atoms with Crippen LogP contribution in [0.5, 0.6) is 0 Å². The molecule has 0 saturated heterocycles. The highest BCUT2D eigenvalue weighted by atomic mass is 79.9. The van der Waals surface area contributed by atoms with E-state index in [4.69, 9.17) is 23.2 Å². The lowest BCUT2D eigenvalue weighted by molar-refractivity contribution is -0.129. The van der Waals surface area contributed by atoms with Gasteiger partial charge in [0.2, 0.25) is 0 Å². The first kappa shape index (κ1) is 17.3. The molecule has 2 atom stereocenters. The van der Waals surface area contributed by atoms with Gasteiger partial charge in [-0.25, -0.2) is 4.79 Å². The van der Waals surface area contributed by atoms with Gasteiger partial charge < -0.3 is 5.11 Å². The Morgan fingerprint density at radius 2 is 1.88 bits per heavy atom. The Kier molecular flexibility index (Phi) is 4.85. The highest BCUT2D eigenvalue weighted by Crippen LogP contribution is 2.42. The van der Waals surface area contributed by atoms with Gasteiger partial charge in [-0.1, -0.05) is 58.2 Å². The first-order valence-corrected chi connectivity index (χ1v) is 8.75. The van der Waals surface area contributed by atoms with Crippen molar-refractivity contribution in [1.29, 1.82) is 0 Å². The summed E-state index contributed by atoms with van der Waals surface area (Å²) < 4.78 is 0.951. The first-order valence-electron chi connectivity index (χ1n) is 7.20. The van der Waals surface area contributed by atoms with Crippen LogP contribution in [0.15, 0.2) is 52.0 Å². The van der Waals surface area contributed by atoms with E-state index in [2.05, 4.69) is 21.0 Å². The summed E-state index contributed by atoms with van der Waals surface area (Å²) in [5.41, 5.74) is 1.68. The van der Waals surface area contributed by atoms with Crippen LogP contribution in [0.4, 0.5) is 5.69 Å². The minimum Gasteiger partial charge on any atom is -0.477 e. The molecule has 1 unspecified atom stereocenters. The van der Waals surface area contributed by atoms with Crippen molar-refractivity contribution in [2.24, 2.45) is 11.0 Å². The fourth-order valence-electron chi connectivity index (χ4n) is 2.83. The largest absolute Gasteiger partial charge is 0.477 e. The highest BCUT2D eigenvalue weighted by Gasteiger charge is 2.39. The predicted molar refractivity (Wildman–Crippen MR) is 100 cm³/mol. The van der Waals surface area contributed by atoms with Gasteiger partial charge in [0.1, 0.15) is 0 Å². The molecule has 124 valence electrons. The van der Waals surface area contributed by atoms with Crippen LogP contribution in [0.1, 0.15) is 18.5 Å². The zero-order valence-electron chi connectivity index (χ0n) is 12.6. The van der Waals surface area contributed by atoms with Gasteiger partial charge in [-0.3, -0.25) is 5.01 Å². The number of hydrazone groups is 1. The summed E-state index contributed by atoms with van der Waals surface area (Å²) in [6.45, 7) is 1.85. The molecule has 1 aliphatic heterocycles. The van der Waals surface area contributed by atoms with E-state index < -0.39 is 5.97 Å². The number of carboxylic acids is 1. The standard InChI is InChI=1S/C17H13BrCl2N2O2/c1-9-15(17(23)24)21-22(14-7-6-12(19)8-13(14)20)16(9)10-2-4-11(18)5-3-10/h2-9,16H,1H3,(H,23,24)/t9?,16-/m0/s1. The van der Waals surface area contributed by atoms with Crippen LogP contribution in [-0.4, -0.2) is 16.8 Å². The van der Waals surface area contributed by atoms with Crippen LogP contribution in [0.3, 0.4) is 0 Å². The van der Waals surface area contributed by atoms with Crippen molar-refractivity contribution in [3.8, 4) is 0 Å². The van der Waals surface area contributed by atoms with Crippen LogP contribution < -0.4 is 5.01 Å². The number of carbonyl (C=O) groups is 1. The second-order valence-electron chi connectivity index (χ2n) is 5.52. The minimum atomic E-state index is -1.03. The maximum Gasteiger partial charge on any atom is 0.352 e. The van der Waals surface area contributed by atoms with E-state index in [-0.39, 0.29) is 17.7 Å². The molecule has 3 rings (SSSR count). The molecular weight excluding hydrogens is 415 g/mol. The molecule has 0 bridgehead atoms. The average Bonchev–Trinajstić information content (AvgIpc) is 2.86. The smallest absolute Gasteiger partial charge is 0.352 e. The zero-order valence-corrected chi connectivity index (χ0v) is 15.7. The van der Waals surface area contributed by atoms with E-state index >= 15 is 0 Å². The molecule has 1 aliphatic rings. The van der Waals surface area contributed by atoms with E-state index in [1.807, 2.05) is 31.2 Å². The number of benzene rings is 2. The molecule has 0 aromatic heterocycles. The van der Waals surface area contributed by atoms with Crippen LogP contribution in [0.25, 0.3) is 0 Å². The SMILES string of the molecule is CC1C(C(=O)O)=NN(c2ccc(Cl)cc2Cl)[C@@H]1c1ccc(Br)cc1. The lowest BCUT2D eigenvalue weighted by atomic mass is 9.91. The lowest BCUT2D eigenvalue weighted by Gasteiger charge is -2.27. The number of halogens is 3. The van der Waals surface area contributed by atoms with Gasteiger partial charge >= 0.3 is 5.97 Å². The molecule has 0 amide bonds. The number of carboxylic acid groups (broad SMARTS) is 1. The Bertz CT molecular complexity index is 824. The summed E-state index contributed by atoms with van der Waals surface area (Å²) in [6, 6.07) is 12.5. The van der Waals surface area contributed by atoms with E-state index in [0.29, 0.717) is 15.7 Å². The third kappa shape index (κ3) is 3.16. The monoisotopic (exact) mass is 426 g/mol. The molecule has 1 heterocycles. The van der Waals surface area contributed by atoms with Crippen molar-refractivity contribution in [3.05, 3.63) is 62.5 Å². The van der Waals surface area contributed by atoms with E-state index in [1.54, 1.807) is 23.2 Å². The lowest BCUT2D eigenvalue weighted by Crippen LogP contribution is -2.26. The molecule has 0 spiro atoms. The van der Waals surface area contributed by atoms with Gasteiger partial charge in [-0.2, -0.15) is 5.10 Å². The Labute approximate surface area is 157 Å². The quantitative estimate of drug-likeness (QED) is 0.713. The predicted octanol–water partition coefficient (Wildman–Crippen LogP) is 5.39. The van der Waals surface area contributed by atoms with Gasteiger partial charge in [0.15, 0.2) is 5.71 Å². The average molecular weight is 428 g/mol. The van der Waals surface area contributed by atoms with Crippen molar-refractivity contribution in [2.45, 2.75) is 13.0 Å². The molecule has 0 fully saturated rings. The first-order chi connectivity index (χ1) is 11.4.